The van der Waals surface area contributed by atoms with Crippen molar-refractivity contribution in [2.75, 3.05) is 13.1 Å². The van der Waals surface area contributed by atoms with E-state index in [1.165, 1.54) is 12.1 Å². The fourth-order valence-corrected chi connectivity index (χ4v) is 4.74. The number of halogens is 1. The van der Waals surface area contributed by atoms with Crippen molar-refractivity contribution in [2.24, 2.45) is 5.92 Å². The third kappa shape index (κ3) is 5.27. The predicted molar refractivity (Wildman–Crippen MR) is 131 cm³/mol. The number of benzene rings is 2. The Kier molecular flexibility index (Phi) is 7.13. The van der Waals surface area contributed by atoms with Gasteiger partial charge in [-0.25, -0.2) is 9.37 Å². The van der Waals surface area contributed by atoms with E-state index in [1.54, 1.807) is 19.1 Å². The van der Waals surface area contributed by atoms with Crippen molar-refractivity contribution in [3.05, 3.63) is 64.0 Å². The number of piperidine rings is 1. The number of likely N-dealkylation sites (tertiary alicyclic amines) is 1. The first-order valence-corrected chi connectivity index (χ1v) is 12.1. The molecule has 3 aromatic rings. The van der Waals surface area contributed by atoms with Gasteiger partial charge in [-0.15, -0.1) is 0 Å². The van der Waals surface area contributed by atoms with E-state index in [2.05, 4.69) is 25.7 Å². The molecule has 0 N–H and O–H groups in total. The van der Waals surface area contributed by atoms with Crippen LogP contribution < -0.4 is 10.3 Å². The molecule has 2 heterocycles. The zero-order valence-corrected chi connectivity index (χ0v) is 20.1. The molecule has 1 aliphatic rings. The summed E-state index contributed by atoms with van der Waals surface area (Å²) < 4.78 is 21.3. The lowest BCUT2D eigenvalue weighted by molar-refractivity contribution is 0.129. The molecule has 6 heteroatoms. The van der Waals surface area contributed by atoms with Crippen LogP contribution in [0.1, 0.15) is 51.4 Å². The van der Waals surface area contributed by atoms with Crippen LogP contribution in [0.4, 0.5) is 4.39 Å². The average molecular weight is 452 g/mol. The molecule has 1 aliphatic heterocycles. The van der Waals surface area contributed by atoms with E-state index in [-0.39, 0.29) is 11.4 Å². The summed E-state index contributed by atoms with van der Waals surface area (Å²) in [5.74, 6) is 2.12. The maximum atomic E-state index is 13.6. The van der Waals surface area contributed by atoms with E-state index < -0.39 is 0 Å². The highest BCUT2D eigenvalue weighted by molar-refractivity contribution is 5.79. The Hall–Kier alpha value is -2.73. The van der Waals surface area contributed by atoms with Crippen molar-refractivity contribution in [2.45, 2.75) is 66.0 Å². The monoisotopic (exact) mass is 451 g/mol. The van der Waals surface area contributed by atoms with Crippen molar-refractivity contribution in [3.63, 3.8) is 0 Å². The van der Waals surface area contributed by atoms with Crippen LogP contribution >= 0.6 is 0 Å². The fraction of sp³-hybridized carbons (Fsp3) is 0.481. The predicted octanol–water partition coefficient (Wildman–Crippen LogP) is 5.71. The number of aromatic nitrogens is 2. The number of hydrogen-bond acceptors (Lipinski definition) is 4. The van der Waals surface area contributed by atoms with E-state index in [9.17, 15) is 9.18 Å². The maximum Gasteiger partial charge on any atom is 0.261 e. The molecular weight excluding hydrogens is 417 g/mol. The SMILES string of the molecule is CCCc1nc2ccc(Oc3ccc(F)cc3C)cc2c(=O)n1C[C@H]1CCCN(C(C)C)C1. The third-order valence-electron chi connectivity index (χ3n) is 6.56. The number of hydrogen-bond donors (Lipinski definition) is 0. The number of fused-ring (bicyclic) bond motifs is 1. The van der Waals surface area contributed by atoms with Gasteiger partial charge >= 0.3 is 0 Å². The van der Waals surface area contributed by atoms with Gasteiger partial charge in [0.25, 0.3) is 5.56 Å². The molecule has 1 aromatic heterocycles. The molecule has 0 bridgehead atoms. The summed E-state index contributed by atoms with van der Waals surface area (Å²) in [6.45, 7) is 11.2. The molecule has 0 unspecified atom stereocenters. The molecule has 1 atom stereocenters. The second-order valence-electron chi connectivity index (χ2n) is 9.48. The smallest absolute Gasteiger partial charge is 0.261 e. The largest absolute Gasteiger partial charge is 0.457 e. The molecule has 0 radical (unpaired) electrons. The molecule has 1 saturated heterocycles. The fourth-order valence-electron chi connectivity index (χ4n) is 4.74. The minimum Gasteiger partial charge on any atom is -0.457 e. The van der Waals surface area contributed by atoms with E-state index in [1.807, 2.05) is 16.7 Å². The van der Waals surface area contributed by atoms with Crippen LogP contribution in [0, 0.1) is 18.7 Å². The molecule has 0 amide bonds. The van der Waals surface area contributed by atoms with Crippen molar-refractivity contribution in [3.8, 4) is 11.5 Å². The summed E-state index contributed by atoms with van der Waals surface area (Å²) in [6.07, 6.45) is 4.01. The first-order valence-electron chi connectivity index (χ1n) is 12.1. The van der Waals surface area contributed by atoms with Gasteiger partial charge in [0, 0.05) is 25.6 Å². The highest BCUT2D eigenvalue weighted by Crippen LogP contribution is 2.28. The Morgan fingerprint density at radius 2 is 2.03 bits per heavy atom. The van der Waals surface area contributed by atoms with Gasteiger partial charge in [0.05, 0.1) is 10.9 Å². The minimum atomic E-state index is -0.298. The summed E-state index contributed by atoms with van der Waals surface area (Å²) >= 11 is 0. The third-order valence-corrected chi connectivity index (χ3v) is 6.56. The van der Waals surface area contributed by atoms with E-state index >= 15 is 0 Å². The average Bonchev–Trinajstić information content (AvgIpc) is 2.79. The van der Waals surface area contributed by atoms with Crippen LogP contribution in [0.15, 0.2) is 41.2 Å². The lowest BCUT2D eigenvalue weighted by Crippen LogP contribution is -2.42. The van der Waals surface area contributed by atoms with E-state index in [4.69, 9.17) is 9.72 Å². The standard InChI is InChI=1S/C27H34FN3O2/c1-5-7-26-29-24-11-10-22(33-25-12-9-21(28)14-19(25)4)15-23(24)27(32)31(26)17-20-8-6-13-30(16-20)18(2)3/h9-12,14-15,18,20H,5-8,13,16-17H2,1-4H3/t20-/m0/s1. The van der Waals surface area contributed by atoms with Gasteiger partial charge in [-0.05, 0) is 94.5 Å². The van der Waals surface area contributed by atoms with Crippen LogP contribution in [-0.2, 0) is 13.0 Å². The van der Waals surface area contributed by atoms with Gasteiger partial charge in [-0.3, -0.25) is 9.36 Å². The first kappa shape index (κ1) is 23.4. The number of aryl methyl sites for hydroxylation is 2. The minimum absolute atomic E-state index is 0.00796. The number of nitrogens with zero attached hydrogens (tertiary/aromatic N) is 3. The first-order chi connectivity index (χ1) is 15.9. The molecule has 1 fully saturated rings. The molecule has 0 aliphatic carbocycles. The van der Waals surface area contributed by atoms with E-state index in [0.29, 0.717) is 46.5 Å². The quantitative estimate of drug-likeness (QED) is 0.462. The zero-order valence-electron chi connectivity index (χ0n) is 20.1. The lowest BCUT2D eigenvalue weighted by Gasteiger charge is -2.35. The highest BCUT2D eigenvalue weighted by Gasteiger charge is 2.24. The van der Waals surface area contributed by atoms with Gasteiger partial charge in [0.1, 0.15) is 23.1 Å². The Morgan fingerprint density at radius 3 is 2.76 bits per heavy atom. The number of rotatable bonds is 7. The van der Waals surface area contributed by atoms with Crippen molar-refractivity contribution in [1.82, 2.24) is 14.5 Å². The molecule has 33 heavy (non-hydrogen) atoms. The Labute approximate surface area is 195 Å². The summed E-state index contributed by atoms with van der Waals surface area (Å²) in [4.78, 5) is 21.0. The molecule has 0 saturated carbocycles. The Morgan fingerprint density at radius 1 is 1.21 bits per heavy atom. The Balaban J connectivity index is 1.68. The zero-order chi connectivity index (χ0) is 23.5. The van der Waals surface area contributed by atoms with Crippen molar-refractivity contribution >= 4 is 10.9 Å². The van der Waals surface area contributed by atoms with Crippen LogP contribution in [-0.4, -0.2) is 33.6 Å². The van der Waals surface area contributed by atoms with Gasteiger partial charge in [-0.2, -0.15) is 0 Å². The molecule has 2 aromatic carbocycles. The van der Waals surface area contributed by atoms with E-state index in [0.717, 1.165) is 44.6 Å². The Bertz CT molecular complexity index is 1190. The second kappa shape index (κ2) is 10.0. The van der Waals surface area contributed by atoms with Gasteiger partial charge in [-0.1, -0.05) is 6.92 Å². The molecule has 0 spiro atoms. The summed E-state index contributed by atoms with van der Waals surface area (Å²) in [7, 11) is 0. The molecular formula is C27H34FN3O2. The van der Waals surface area contributed by atoms with Crippen LogP contribution in [0.3, 0.4) is 0 Å². The summed E-state index contributed by atoms with van der Waals surface area (Å²) in [5, 5.41) is 0.559. The van der Waals surface area contributed by atoms with Gasteiger partial charge < -0.3 is 9.64 Å². The van der Waals surface area contributed by atoms with Crippen LogP contribution in [0.25, 0.3) is 10.9 Å². The maximum absolute atomic E-state index is 13.6. The van der Waals surface area contributed by atoms with Crippen molar-refractivity contribution in [1.29, 1.82) is 0 Å². The molecule has 176 valence electrons. The van der Waals surface area contributed by atoms with Crippen molar-refractivity contribution < 1.29 is 9.13 Å². The van der Waals surface area contributed by atoms with Gasteiger partial charge in [0.2, 0.25) is 0 Å². The van der Waals surface area contributed by atoms with Gasteiger partial charge in [0.15, 0.2) is 0 Å². The topological polar surface area (TPSA) is 47.4 Å². The second-order valence-corrected chi connectivity index (χ2v) is 9.48. The lowest BCUT2D eigenvalue weighted by atomic mass is 9.96. The molecule has 5 nitrogen and oxygen atoms in total. The summed E-state index contributed by atoms with van der Waals surface area (Å²) in [6, 6.07) is 10.4. The number of ether oxygens (including phenoxy) is 1. The highest BCUT2D eigenvalue weighted by atomic mass is 19.1. The normalized spacial score (nSPS) is 17.1. The summed E-state index contributed by atoms with van der Waals surface area (Å²) in [5.41, 5.74) is 1.39. The molecule has 4 rings (SSSR count). The van der Waals surface area contributed by atoms with Crippen LogP contribution in [0.2, 0.25) is 0 Å². The van der Waals surface area contributed by atoms with Crippen LogP contribution in [0.5, 0.6) is 11.5 Å².